The number of hydrogen-bond donors (Lipinski definition) is 1. The Morgan fingerprint density at radius 3 is 2.20 bits per heavy atom. The second kappa shape index (κ2) is 7.61. The van der Waals surface area contributed by atoms with Crippen LogP contribution in [0.25, 0.3) is 0 Å². The average Bonchev–Trinajstić information content (AvgIpc) is 2.52. The molecular formula is C18H16ClF2NO3. The molecular weight excluding hydrogens is 352 g/mol. The second-order valence-corrected chi connectivity index (χ2v) is 6.05. The molecule has 7 heteroatoms. The molecule has 1 amide bonds. The quantitative estimate of drug-likeness (QED) is 0.646. The number of ether oxygens (including phenoxy) is 1. The van der Waals surface area contributed by atoms with Crippen molar-refractivity contribution >= 4 is 29.2 Å². The fraction of sp³-hybridized carbons (Fsp3) is 0.222. The number of rotatable bonds is 4. The van der Waals surface area contributed by atoms with Crippen molar-refractivity contribution in [1.29, 1.82) is 0 Å². The third kappa shape index (κ3) is 4.54. The predicted molar refractivity (Wildman–Crippen MR) is 90.9 cm³/mol. The van der Waals surface area contributed by atoms with Gasteiger partial charge in [-0.3, -0.25) is 4.79 Å². The summed E-state index contributed by atoms with van der Waals surface area (Å²) in [6, 6.07) is 5.13. The van der Waals surface area contributed by atoms with E-state index in [1.165, 1.54) is 0 Å². The van der Waals surface area contributed by atoms with Gasteiger partial charge in [-0.15, -0.1) is 0 Å². The van der Waals surface area contributed by atoms with Gasteiger partial charge in [-0.05, 0) is 44.0 Å². The summed E-state index contributed by atoms with van der Waals surface area (Å²) in [5, 5.41) is 2.37. The Morgan fingerprint density at radius 2 is 1.60 bits per heavy atom. The molecule has 2 aromatic rings. The van der Waals surface area contributed by atoms with Crippen LogP contribution in [0.5, 0.6) is 0 Å². The van der Waals surface area contributed by atoms with E-state index >= 15 is 0 Å². The third-order valence-corrected chi connectivity index (χ3v) is 3.82. The summed E-state index contributed by atoms with van der Waals surface area (Å²) in [6.45, 7) is 5.06. The average molecular weight is 368 g/mol. The maximum atomic E-state index is 13.2. The Kier molecular flexibility index (Phi) is 5.74. The molecule has 0 unspecified atom stereocenters. The van der Waals surface area contributed by atoms with Crippen molar-refractivity contribution < 1.29 is 23.1 Å². The number of anilines is 1. The Labute approximate surface area is 148 Å². The van der Waals surface area contributed by atoms with Gasteiger partial charge in [-0.2, -0.15) is 0 Å². The van der Waals surface area contributed by atoms with Gasteiger partial charge in [0.05, 0.1) is 10.6 Å². The highest BCUT2D eigenvalue weighted by Gasteiger charge is 2.18. The SMILES string of the molecule is Cc1cc(C)c(NC(=O)COC(=O)c2cc(F)c(F)cc2Cl)c(C)c1. The number of carbonyl (C=O) groups excluding carboxylic acids is 2. The van der Waals surface area contributed by atoms with E-state index < -0.39 is 30.1 Å². The molecule has 25 heavy (non-hydrogen) atoms. The minimum Gasteiger partial charge on any atom is -0.452 e. The summed E-state index contributed by atoms with van der Waals surface area (Å²) in [5.41, 5.74) is 3.10. The fourth-order valence-corrected chi connectivity index (χ4v) is 2.67. The molecule has 1 N–H and O–H groups in total. The predicted octanol–water partition coefficient (Wildman–Crippen LogP) is 4.34. The molecule has 2 rings (SSSR count). The molecule has 0 aliphatic heterocycles. The summed E-state index contributed by atoms with van der Waals surface area (Å²) >= 11 is 5.69. The van der Waals surface area contributed by atoms with Crippen LogP contribution >= 0.6 is 11.6 Å². The summed E-state index contributed by atoms with van der Waals surface area (Å²) in [5.74, 6) is -3.98. The lowest BCUT2D eigenvalue weighted by Crippen LogP contribution is -2.22. The van der Waals surface area contributed by atoms with Crippen LogP contribution in [0.15, 0.2) is 24.3 Å². The van der Waals surface area contributed by atoms with E-state index in [1.54, 1.807) is 0 Å². The van der Waals surface area contributed by atoms with Gasteiger partial charge in [-0.1, -0.05) is 29.3 Å². The summed E-state index contributed by atoms with van der Waals surface area (Å²) in [6.07, 6.45) is 0. The first kappa shape index (κ1) is 18.9. The molecule has 0 fully saturated rings. The zero-order valence-corrected chi connectivity index (χ0v) is 14.6. The first-order valence-corrected chi connectivity index (χ1v) is 7.76. The lowest BCUT2D eigenvalue weighted by atomic mass is 10.1. The van der Waals surface area contributed by atoms with Gasteiger partial charge in [0, 0.05) is 5.69 Å². The number of halogens is 3. The highest BCUT2D eigenvalue weighted by Crippen LogP contribution is 2.22. The van der Waals surface area contributed by atoms with Crippen LogP contribution in [0.3, 0.4) is 0 Å². The molecule has 0 atom stereocenters. The van der Waals surface area contributed by atoms with Crippen molar-refractivity contribution in [3.05, 3.63) is 63.2 Å². The molecule has 0 aliphatic carbocycles. The van der Waals surface area contributed by atoms with Gasteiger partial charge in [0.2, 0.25) is 0 Å². The van der Waals surface area contributed by atoms with Crippen molar-refractivity contribution in [2.75, 3.05) is 11.9 Å². The number of nitrogens with one attached hydrogen (secondary N) is 1. The minimum absolute atomic E-state index is 0.297. The fourth-order valence-electron chi connectivity index (χ4n) is 2.44. The van der Waals surface area contributed by atoms with Crippen LogP contribution in [0.2, 0.25) is 5.02 Å². The molecule has 0 saturated carbocycles. The van der Waals surface area contributed by atoms with Gasteiger partial charge < -0.3 is 10.1 Å². The van der Waals surface area contributed by atoms with E-state index in [4.69, 9.17) is 16.3 Å². The molecule has 2 aromatic carbocycles. The molecule has 0 saturated heterocycles. The largest absolute Gasteiger partial charge is 0.452 e. The van der Waals surface area contributed by atoms with Crippen LogP contribution in [0.4, 0.5) is 14.5 Å². The topological polar surface area (TPSA) is 55.4 Å². The van der Waals surface area contributed by atoms with Gasteiger partial charge in [0.1, 0.15) is 0 Å². The Hall–Kier alpha value is -2.47. The molecule has 0 heterocycles. The number of esters is 1. The van der Waals surface area contributed by atoms with E-state index in [1.807, 2.05) is 32.9 Å². The van der Waals surface area contributed by atoms with Gasteiger partial charge in [0.25, 0.3) is 5.91 Å². The number of carbonyl (C=O) groups is 2. The van der Waals surface area contributed by atoms with Crippen LogP contribution in [0.1, 0.15) is 27.0 Å². The maximum absolute atomic E-state index is 13.2. The number of aryl methyl sites for hydroxylation is 3. The number of amides is 1. The van der Waals surface area contributed by atoms with Crippen molar-refractivity contribution in [3.8, 4) is 0 Å². The smallest absolute Gasteiger partial charge is 0.340 e. The first-order valence-electron chi connectivity index (χ1n) is 7.38. The lowest BCUT2D eigenvalue weighted by Gasteiger charge is -2.13. The second-order valence-electron chi connectivity index (χ2n) is 5.64. The molecule has 0 bridgehead atoms. The summed E-state index contributed by atoms with van der Waals surface area (Å²) < 4.78 is 31.0. The van der Waals surface area contributed by atoms with Crippen LogP contribution in [-0.2, 0) is 9.53 Å². The molecule has 0 radical (unpaired) electrons. The number of hydrogen-bond acceptors (Lipinski definition) is 3. The van der Waals surface area contributed by atoms with Gasteiger partial charge in [-0.25, -0.2) is 13.6 Å². The Morgan fingerprint density at radius 1 is 1.04 bits per heavy atom. The van der Waals surface area contributed by atoms with Gasteiger partial charge >= 0.3 is 5.97 Å². The third-order valence-electron chi connectivity index (χ3n) is 3.51. The van der Waals surface area contributed by atoms with Crippen molar-refractivity contribution in [3.63, 3.8) is 0 Å². The molecule has 132 valence electrons. The zero-order chi connectivity index (χ0) is 18.7. The molecule has 4 nitrogen and oxygen atoms in total. The van der Waals surface area contributed by atoms with Gasteiger partial charge in [0.15, 0.2) is 18.2 Å². The summed E-state index contributed by atoms with van der Waals surface area (Å²) in [4.78, 5) is 23.9. The van der Waals surface area contributed by atoms with Crippen LogP contribution < -0.4 is 5.32 Å². The monoisotopic (exact) mass is 367 g/mol. The van der Waals surface area contributed by atoms with E-state index in [-0.39, 0.29) is 10.6 Å². The molecule has 0 aromatic heterocycles. The van der Waals surface area contributed by atoms with E-state index in [0.717, 1.165) is 16.7 Å². The van der Waals surface area contributed by atoms with Crippen molar-refractivity contribution in [2.24, 2.45) is 0 Å². The van der Waals surface area contributed by atoms with Crippen LogP contribution in [0, 0.1) is 32.4 Å². The van der Waals surface area contributed by atoms with E-state index in [0.29, 0.717) is 17.8 Å². The lowest BCUT2D eigenvalue weighted by molar-refractivity contribution is -0.119. The Bertz CT molecular complexity index is 829. The minimum atomic E-state index is -1.23. The van der Waals surface area contributed by atoms with E-state index in [9.17, 15) is 18.4 Å². The summed E-state index contributed by atoms with van der Waals surface area (Å²) in [7, 11) is 0. The highest BCUT2D eigenvalue weighted by atomic mass is 35.5. The standard InChI is InChI=1S/C18H16ClF2NO3/c1-9-4-10(2)17(11(3)5-9)22-16(23)8-25-18(24)12-6-14(20)15(21)7-13(12)19/h4-7H,8H2,1-3H3,(H,22,23). The normalized spacial score (nSPS) is 10.5. The highest BCUT2D eigenvalue weighted by molar-refractivity contribution is 6.33. The Balaban J connectivity index is 2.03. The van der Waals surface area contributed by atoms with Crippen LogP contribution in [-0.4, -0.2) is 18.5 Å². The molecule has 0 spiro atoms. The zero-order valence-electron chi connectivity index (χ0n) is 13.9. The number of benzene rings is 2. The molecule has 0 aliphatic rings. The maximum Gasteiger partial charge on any atom is 0.340 e. The van der Waals surface area contributed by atoms with Crippen molar-refractivity contribution in [2.45, 2.75) is 20.8 Å². The van der Waals surface area contributed by atoms with Crippen molar-refractivity contribution in [1.82, 2.24) is 0 Å². The van der Waals surface area contributed by atoms with E-state index in [2.05, 4.69) is 5.32 Å². The first-order chi connectivity index (χ1) is 11.7.